The van der Waals surface area contributed by atoms with Gasteiger partial charge in [0, 0.05) is 21.1 Å². The normalized spacial score (nSPS) is 0. The van der Waals surface area contributed by atoms with Gasteiger partial charge in [-0.2, -0.15) is 0 Å². The van der Waals surface area contributed by atoms with Crippen molar-refractivity contribution in [2.24, 2.45) is 0 Å². The van der Waals surface area contributed by atoms with Gasteiger partial charge < -0.3 is 0 Å². The van der Waals surface area contributed by atoms with Crippen LogP contribution in [0.25, 0.3) is 0 Å². The molecule has 4 heavy (non-hydrogen) atoms. The molecule has 4 heteroatoms. The molecule has 3 radical (unpaired) electrons. The number of rotatable bonds is 0. The van der Waals surface area contributed by atoms with Crippen molar-refractivity contribution in [2.75, 3.05) is 0 Å². The van der Waals surface area contributed by atoms with Crippen molar-refractivity contribution in [3.63, 3.8) is 0 Å². The molecular formula is H7GePtSnTe. The second-order valence-electron chi connectivity index (χ2n) is 0. The Hall–Kier alpha value is 2.82. The van der Waals surface area contributed by atoms with E-state index in [0.29, 0.717) is 0 Å². The van der Waals surface area contributed by atoms with E-state index in [0.717, 1.165) is 0 Å². The Bertz CT molecular complexity index is 8.00. The zero-order chi connectivity index (χ0) is 0. The molecule has 0 aromatic heterocycles. The van der Waals surface area contributed by atoms with Gasteiger partial charge >= 0.3 is 65.2 Å². The second-order valence-corrected chi connectivity index (χ2v) is 0. The van der Waals surface area contributed by atoms with Crippen LogP contribution < -0.4 is 0 Å². The number of hydrogen-bond donors (Lipinski definition) is 0. The van der Waals surface area contributed by atoms with Gasteiger partial charge in [0.25, 0.3) is 0 Å². The van der Waals surface area contributed by atoms with Gasteiger partial charge in [0.2, 0.25) is 0 Å². The van der Waals surface area contributed by atoms with Crippen LogP contribution in [0.3, 0.4) is 0 Å². The summed E-state index contributed by atoms with van der Waals surface area (Å²) >= 11 is 0. The van der Waals surface area contributed by atoms with Gasteiger partial charge in [-0.1, -0.05) is 0 Å². The molecule has 0 aliphatic heterocycles. The maximum absolute atomic E-state index is 0. The third kappa shape index (κ3) is 8.84. The molecule has 0 N–H and O–H groups in total. The summed E-state index contributed by atoms with van der Waals surface area (Å²) in [6.07, 6.45) is 0. The van der Waals surface area contributed by atoms with Crippen LogP contribution in [0.5, 0.6) is 0 Å². The van der Waals surface area contributed by atoms with E-state index in [1.807, 2.05) is 0 Å². The summed E-state index contributed by atoms with van der Waals surface area (Å²) in [5.41, 5.74) is 0. The van der Waals surface area contributed by atoms with Crippen molar-refractivity contribution in [3.8, 4) is 0 Å². The summed E-state index contributed by atoms with van der Waals surface area (Å²) < 4.78 is 0. The zero-order valence-corrected chi connectivity index (χ0v) is 10.3. The summed E-state index contributed by atoms with van der Waals surface area (Å²) in [5, 5.41) is 0. The first kappa shape index (κ1) is 29.1. The van der Waals surface area contributed by atoms with E-state index < -0.39 is 0 Å². The standard InChI is InChI=1S/GeH4.Pt.Sn.HTe.2H/h1H4;;;1H;;. The third-order valence-corrected chi connectivity index (χ3v) is 0. The molecule has 0 aromatic carbocycles. The molecule has 0 fully saturated rings. The van der Waals surface area contributed by atoms with Gasteiger partial charge in [-0.25, -0.2) is 0 Å². The van der Waals surface area contributed by atoms with Crippen LogP contribution >= 0.6 is 0 Å². The monoisotopic (exact) mass is 526 g/mol. The predicted molar refractivity (Wildman–Crippen MR) is 27.0 cm³/mol. The van der Waals surface area contributed by atoms with Gasteiger partial charge in [0.15, 0.2) is 0 Å². The minimum atomic E-state index is 0. The summed E-state index contributed by atoms with van der Waals surface area (Å²) in [4.78, 5) is 0. The van der Waals surface area contributed by atoms with E-state index in [-0.39, 0.29) is 86.2 Å². The Balaban J connectivity index is 0. The topological polar surface area (TPSA) is 0 Å². The van der Waals surface area contributed by atoms with Gasteiger partial charge in [-0.3, -0.25) is 0 Å². The average Bonchev–Trinajstić information content (AvgIpc) is 0. The van der Waals surface area contributed by atoms with Crippen LogP contribution in [0, 0.1) is 0 Å². The fourth-order valence-corrected chi connectivity index (χ4v) is 0. The second kappa shape index (κ2) is 17.0. The first-order valence-corrected chi connectivity index (χ1v) is 0. The maximum atomic E-state index is 0. The van der Waals surface area contributed by atoms with Crippen molar-refractivity contribution < 1.29 is 21.1 Å². The van der Waals surface area contributed by atoms with Crippen molar-refractivity contribution in [2.45, 2.75) is 0 Å². The molecule has 0 rings (SSSR count). The van der Waals surface area contributed by atoms with Crippen molar-refractivity contribution in [3.05, 3.63) is 0 Å². The van der Waals surface area contributed by atoms with Gasteiger partial charge in [-0.05, 0) is 0 Å². The Labute approximate surface area is 84.8 Å². The van der Waals surface area contributed by atoms with Crippen LogP contribution in [0.1, 0.15) is 0 Å². The first-order chi connectivity index (χ1) is 0. The van der Waals surface area contributed by atoms with Gasteiger partial charge in [-0.15, -0.1) is 0 Å². The Morgan fingerprint density at radius 1 is 1.00 bits per heavy atom. The van der Waals surface area contributed by atoms with Crippen LogP contribution in [-0.2, 0) is 21.1 Å². The van der Waals surface area contributed by atoms with Crippen molar-refractivity contribution in [1.82, 2.24) is 0 Å². The average molecular weight is 521 g/mol. The summed E-state index contributed by atoms with van der Waals surface area (Å²) in [6.45, 7) is 0. The molecule has 0 spiro atoms. The van der Waals surface area contributed by atoms with E-state index in [9.17, 15) is 0 Å². The van der Waals surface area contributed by atoms with E-state index in [4.69, 9.17) is 0 Å². The molecule has 0 aliphatic rings. The molecule has 31 valence electrons. The predicted octanol–water partition coefficient (Wildman–Crippen LogP) is -3.02. The summed E-state index contributed by atoms with van der Waals surface area (Å²) in [5.74, 6) is 0. The van der Waals surface area contributed by atoms with E-state index >= 15 is 0 Å². The fourth-order valence-electron chi connectivity index (χ4n) is 0. The third-order valence-electron chi connectivity index (χ3n) is 0. The van der Waals surface area contributed by atoms with Crippen LogP contribution in [0.4, 0.5) is 0 Å². The van der Waals surface area contributed by atoms with Gasteiger partial charge in [0.05, 0.1) is 0 Å². The quantitative estimate of drug-likeness (QED) is 0.298. The van der Waals surface area contributed by atoms with E-state index in [1.165, 1.54) is 0 Å². The Morgan fingerprint density at radius 2 is 1.00 bits per heavy atom. The molecule has 0 aliphatic carbocycles. The molecule has 0 aromatic rings. The minimum absolute atomic E-state index is 0. The number of hydrogen-bond acceptors (Lipinski definition) is 0. The Kier molecular flexibility index (Phi) is 124. The molecular weight excluding hydrogens is 514 g/mol. The van der Waals surface area contributed by atoms with Crippen LogP contribution in [-0.4, -0.2) is 65.2 Å². The van der Waals surface area contributed by atoms with Crippen LogP contribution in [0.15, 0.2) is 0 Å². The molecule has 0 bridgehead atoms. The summed E-state index contributed by atoms with van der Waals surface area (Å²) in [7, 11) is 0. The fraction of sp³-hybridized carbons (Fsp3) is 0. The molecule has 0 nitrogen and oxygen atoms in total. The first-order valence-electron chi connectivity index (χ1n) is 0. The van der Waals surface area contributed by atoms with E-state index in [2.05, 4.69) is 0 Å². The van der Waals surface area contributed by atoms with Crippen molar-refractivity contribution in [1.29, 1.82) is 0 Å². The summed E-state index contributed by atoms with van der Waals surface area (Å²) in [6, 6.07) is 0. The van der Waals surface area contributed by atoms with E-state index in [1.54, 1.807) is 0 Å². The molecule has 0 amide bonds. The Morgan fingerprint density at radius 3 is 1.00 bits per heavy atom. The molecule has 0 heterocycles. The molecule has 0 atom stereocenters. The van der Waals surface area contributed by atoms with Gasteiger partial charge in [0.1, 0.15) is 0 Å². The van der Waals surface area contributed by atoms with Crippen LogP contribution in [0.2, 0.25) is 0 Å². The van der Waals surface area contributed by atoms with Crippen molar-refractivity contribution >= 4 is 65.2 Å². The molecule has 0 saturated heterocycles. The molecule has 0 unspecified atom stereocenters. The molecule has 0 saturated carbocycles. The SMILES string of the molecule is [GeH4].[Pt].[SnH2].[TeH]. The zero-order valence-electron chi connectivity index (χ0n) is 1.47.